The molecule has 0 saturated heterocycles. The van der Waals surface area contributed by atoms with Crippen LogP contribution in [0.3, 0.4) is 0 Å². The zero-order chi connectivity index (χ0) is 13.5. The lowest BCUT2D eigenvalue weighted by molar-refractivity contribution is -0.136. The molecule has 0 radical (unpaired) electrons. The number of carboxylic acids is 1. The van der Waals surface area contributed by atoms with Crippen molar-refractivity contribution < 1.29 is 14.6 Å². The SMILES string of the molecule is COc1cccc(N(CCC(=O)O)N=C(C)C)c1. The summed E-state index contributed by atoms with van der Waals surface area (Å²) in [5.41, 5.74) is 1.68. The molecule has 0 aliphatic rings. The molecule has 0 aromatic heterocycles. The van der Waals surface area contributed by atoms with Crippen LogP contribution in [0.15, 0.2) is 29.4 Å². The lowest BCUT2D eigenvalue weighted by Crippen LogP contribution is -2.21. The quantitative estimate of drug-likeness (QED) is 0.622. The molecule has 1 rings (SSSR count). The third kappa shape index (κ3) is 4.45. The number of hydrazone groups is 1. The van der Waals surface area contributed by atoms with Crippen LogP contribution in [0.2, 0.25) is 0 Å². The maximum absolute atomic E-state index is 10.6. The van der Waals surface area contributed by atoms with Crippen molar-refractivity contribution in [2.24, 2.45) is 5.10 Å². The molecule has 0 spiro atoms. The fraction of sp³-hybridized carbons (Fsp3) is 0.385. The molecule has 0 amide bonds. The average molecular weight is 250 g/mol. The van der Waals surface area contributed by atoms with Gasteiger partial charge in [-0.1, -0.05) is 6.07 Å². The van der Waals surface area contributed by atoms with E-state index in [2.05, 4.69) is 5.10 Å². The van der Waals surface area contributed by atoms with Gasteiger partial charge in [0, 0.05) is 11.8 Å². The lowest BCUT2D eigenvalue weighted by atomic mass is 10.3. The number of rotatable bonds is 6. The Morgan fingerprint density at radius 1 is 1.44 bits per heavy atom. The Labute approximate surface area is 107 Å². The molecule has 5 nitrogen and oxygen atoms in total. The van der Waals surface area contributed by atoms with Gasteiger partial charge < -0.3 is 9.84 Å². The van der Waals surface area contributed by atoms with Crippen LogP contribution in [0.1, 0.15) is 20.3 Å². The smallest absolute Gasteiger partial charge is 0.305 e. The monoisotopic (exact) mass is 250 g/mol. The predicted molar refractivity (Wildman–Crippen MR) is 71.4 cm³/mol. The standard InChI is InChI=1S/C13H18N2O3/c1-10(2)14-15(8-7-13(16)17)11-5-4-6-12(9-11)18-3/h4-6,9H,7-8H2,1-3H3,(H,16,17). The minimum absolute atomic E-state index is 0.0357. The number of anilines is 1. The molecule has 1 aromatic rings. The van der Waals surface area contributed by atoms with Gasteiger partial charge >= 0.3 is 5.97 Å². The Bertz CT molecular complexity index is 440. The van der Waals surface area contributed by atoms with Crippen molar-refractivity contribution in [3.8, 4) is 5.75 Å². The van der Waals surface area contributed by atoms with Crippen molar-refractivity contribution in [2.75, 3.05) is 18.7 Å². The molecule has 18 heavy (non-hydrogen) atoms. The fourth-order valence-electron chi connectivity index (χ4n) is 1.45. The minimum Gasteiger partial charge on any atom is -0.497 e. The summed E-state index contributed by atoms with van der Waals surface area (Å²) in [5, 5.41) is 14.7. The van der Waals surface area contributed by atoms with Crippen molar-refractivity contribution in [1.82, 2.24) is 0 Å². The third-order valence-corrected chi connectivity index (χ3v) is 2.21. The first-order valence-corrected chi connectivity index (χ1v) is 5.68. The number of ether oxygens (including phenoxy) is 1. The second-order valence-electron chi connectivity index (χ2n) is 4.02. The Kier molecular flexibility index (Phi) is 5.17. The van der Waals surface area contributed by atoms with Crippen LogP contribution in [0, 0.1) is 0 Å². The summed E-state index contributed by atoms with van der Waals surface area (Å²) >= 11 is 0. The summed E-state index contributed by atoms with van der Waals surface area (Å²) in [6.45, 7) is 4.07. The second kappa shape index (κ2) is 6.64. The number of methoxy groups -OCH3 is 1. The van der Waals surface area contributed by atoms with Crippen molar-refractivity contribution in [1.29, 1.82) is 0 Å². The number of aliphatic carboxylic acids is 1. The van der Waals surface area contributed by atoms with E-state index in [9.17, 15) is 4.79 Å². The van der Waals surface area contributed by atoms with E-state index >= 15 is 0 Å². The van der Waals surface area contributed by atoms with Crippen molar-refractivity contribution in [2.45, 2.75) is 20.3 Å². The number of carbonyl (C=O) groups is 1. The van der Waals surface area contributed by atoms with E-state index in [1.54, 1.807) is 12.1 Å². The lowest BCUT2D eigenvalue weighted by Gasteiger charge is -2.19. The van der Waals surface area contributed by atoms with Crippen LogP contribution in [-0.2, 0) is 4.79 Å². The van der Waals surface area contributed by atoms with E-state index in [0.717, 1.165) is 17.1 Å². The largest absolute Gasteiger partial charge is 0.497 e. The van der Waals surface area contributed by atoms with Crippen LogP contribution in [0.5, 0.6) is 5.75 Å². The molecule has 0 fully saturated rings. The van der Waals surface area contributed by atoms with E-state index in [4.69, 9.17) is 9.84 Å². The van der Waals surface area contributed by atoms with Crippen LogP contribution < -0.4 is 9.75 Å². The summed E-state index contributed by atoms with van der Waals surface area (Å²) in [7, 11) is 1.59. The number of hydrogen-bond donors (Lipinski definition) is 1. The number of nitrogens with zero attached hydrogens (tertiary/aromatic N) is 2. The maximum Gasteiger partial charge on any atom is 0.305 e. The zero-order valence-electron chi connectivity index (χ0n) is 10.9. The predicted octanol–water partition coefficient (Wildman–Crippen LogP) is 2.37. The van der Waals surface area contributed by atoms with E-state index in [1.807, 2.05) is 38.1 Å². The Balaban J connectivity index is 2.93. The summed E-state index contributed by atoms with van der Waals surface area (Å²) in [5.74, 6) is -0.122. The zero-order valence-corrected chi connectivity index (χ0v) is 10.9. The molecule has 1 aromatic carbocycles. The highest BCUT2D eigenvalue weighted by Crippen LogP contribution is 2.21. The number of carboxylic acid groups (broad SMARTS) is 1. The molecule has 0 aliphatic heterocycles. The van der Waals surface area contributed by atoms with Crippen LogP contribution in [-0.4, -0.2) is 30.4 Å². The normalized spacial score (nSPS) is 9.72. The van der Waals surface area contributed by atoms with Crippen molar-refractivity contribution in [3.63, 3.8) is 0 Å². The van der Waals surface area contributed by atoms with Crippen LogP contribution in [0.25, 0.3) is 0 Å². The van der Waals surface area contributed by atoms with Gasteiger partial charge in [-0.3, -0.25) is 9.80 Å². The molecule has 0 heterocycles. The van der Waals surface area contributed by atoms with E-state index < -0.39 is 5.97 Å². The molecule has 98 valence electrons. The number of benzene rings is 1. The topological polar surface area (TPSA) is 62.1 Å². The molecule has 0 aliphatic carbocycles. The van der Waals surface area contributed by atoms with Gasteiger partial charge in [-0.05, 0) is 26.0 Å². The second-order valence-corrected chi connectivity index (χ2v) is 4.02. The van der Waals surface area contributed by atoms with Crippen molar-refractivity contribution >= 4 is 17.4 Å². The van der Waals surface area contributed by atoms with E-state index in [1.165, 1.54) is 0 Å². The Morgan fingerprint density at radius 3 is 2.72 bits per heavy atom. The first kappa shape index (κ1) is 14.0. The molecule has 5 heteroatoms. The maximum atomic E-state index is 10.6. The van der Waals surface area contributed by atoms with Crippen LogP contribution >= 0.6 is 0 Å². The molecule has 0 unspecified atom stereocenters. The van der Waals surface area contributed by atoms with Gasteiger partial charge in [0.15, 0.2) is 0 Å². The third-order valence-electron chi connectivity index (χ3n) is 2.21. The van der Waals surface area contributed by atoms with Gasteiger partial charge in [0.25, 0.3) is 0 Å². The average Bonchev–Trinajstić information content (AvgIpc) is 2.34. The van der Waals surface area contributed by atoms with E-state index in [0.29, 0.717) is 6.54 Å². The Morgan fingerprint density at radius 2 is 2.17 bits per heavy atom. The van der Waals surface area contributed by atoms with Gasteiger partial charge in [0.2, 0.25) is 0 Å². The summed E-state index contributed by atoms with van der Waals surface area (Å²) < 4.78 is 5.14. The highest BCUT2D eigenvalue weighted by molar-refractivity contribution is 5.80. The van der Waals surface area contributed by atoms with Crippen LogP contribution in [0.4, 0.5) is 5.69 Å². The highest BCUT2D eigenvalue weighted by atomic mass is 16.5. The molecule has 0 atom stereocenters. The molecule has 1 N–H and O–H groups in total. The minimum atomic E-state index is -0.841. The molecule has 0 bridgehead atoms. The first-order chi connectivity index (χ1) is 8.52. The fourth-order valence-corrected chi connectivity index (χ4v) is 1.45. The number of hydrogen-bond acceptors (Lipinski definition) is 4. The molecular weight excluding hydrogens is 232 g/mol. The summed E-state index contributed by atoms with van der Waals surface area (Å²) in [6.07, 6.45) is 0.0357. The molecular formula is C13H18N2O3. The Hall–Kier alpha value is -2.04. The van der Waals surface area contributed by atoms with Gasteiger partial charge in [-0.15, -0.1) is 0 Å². The van der Waals surface area contributed by atoms with Gasteiger partial charge in [0.05, 0.1) is 25.8 Å². The van der Waals surface area contributed by atoms with Crippen molar-refractivity contribution in [3.05, 3.63) is 24.3 Å². The summed E-state index contributed by atoms with van der Waals surface area (Å²) in [6, 6.07) is 7.38. The molecule has 0 saturated carbocycles. The van der Waals surface area contributed by atoms with E-state index in [-0.39, 0.29) is 6.42 Å². The highest BCUT2D eigenvalue weighted by Gasteiger charge is 2.08. The van der Waals surface area contributed by atoms with Gasteiger partial charge in [-0.2, -0.15) is 5.10 Å². The first-order valence-electron chi connectivity index (χ1n) is 5.68. The van der Waals surface area contributed by atoms with Gasteiger partial charge in [-0.25, -0.2) is 0 Å². The van der Waals surface area contributed by atoms with Gasteiger partial charge in [0.1, 0.15) is 5.75 Å². The summed E-state index contributed by atoms with van der Waals surface area (Å²) in [4.78, 5) is 10.6.